The largest absolute Gasteiger partial charge is 0.392 e. The van der Waals surface area contributed by atoms with Gasteiger partial charge in [-0.2, -0.15) is 5.10 Å². The molecule has 0 saturated carbocycles. The smallest absolute Gasteiger partial charge is 0.314 e. The molecule has 0 radical (unpaired) electrons. The fourth-order valence-electron chi connectivity index (χ4n) is 1.25. The van der Waals surface area contributed by atoms with Crippen LogP contribution in [-0.2, 0) is 9.59 Å². The molecule has 1 rings (SSSR count). The van der Waals surface area contributed by atoms with Gasteiger partial charge in [-0.15, -0.1) is 0 Å². The third kappa shape index (κ3) is 3.81. The Morgan fingerprint density at radius 1 is 1.50 bits per heavy atom. The van der Waals surface area contributed by atoms with Crippen molar-refractivity contribution in [1.29, 1.82) is 0 Å². The predicted molar refractivity (Wildman–Crippen MR) is 71.0 cm³/mol. The lowest BCUT2D eigenvalue weighted by molar-refractivity contribution is -0.136. The first-order valence-corrected chi connectivity index (χ1v) is 5.73. The molecular weight excluding hydrogens is 254 g/mol. The van der Waals surface area contributed by atoms with Crippen LogP contribution in [0, 0.1) is 0 Å². The van der Waals surface area contributed by atoms with Gasteiger partial charge in [0, 0.05) is 12.1 Å². The number of thiocarbonyl (C=S) groups is 1. The summed E-state index contributed by atoms with van der Waals surface area (Å²) in [5.74, 6) is -1.12. The second kappa shape index (κ2) is 6.10. The van der Waals surface area contributed by atoms with Crippen LogP contribution in [0.15, 0.2) is 12.3 Å². The minimum Gasteiger partial charge on any atom is -0.392 e. The number of nitrogens with zero attached hydrogens (tertiary/aromatic N) is 2. The number of carbonyl (C=O) groups is 2. The van der Waals surface area contributed by atoms with Crippen molar-refractivity contribution < 1.29 is 9.59 Å². The normalized spacial score (nSPS) is 10.2. The van der Waals surface area contributed by atoms with E-state index in [1.165, 1.54) is 0 Å². The third-order valence-electron chi connectivity index (χ3n) is 2.03. The van der Waals surface area contributed by atoms with Crippen LogP contribution in [0.2, 0.25) is 0 Å². The van der Waals surface area contributed by atoms with E-state index in [-0.39, 0.29) is 17.6 Å². The first kappa shape index (κ1) is 14.1. The summed E-state index contributed by atoms with van der Waals surface area (Å²) in [5.41, 5.74) is 5.21. The van der Waals surface area contributed by atoms with E-state index in [1.54, 1.807) is 16.9 Å². The summed E-state index contributed by atoms with van der Waals surface area (Å²) < 4.78 is 1.60. The zero-order chi connectivity index (χ0) is 13.7. The molecule has 0 aliphatic rings. The highest BCUT2D eigenvalue weighted by molar-refractivity contribution is 7.80. The standard InChI is InChI=1S/C10H15N5O2S/c1-6(2)15-8(3-4-13-15)14-10(17)9(16)12-5-7(11)18/h3-4,6H,5H2,1-2H3,(H2,11,18)(H,12,16)(H,14,17). The van der Waals surface area contributed by atoms with Gasteiger partial charge in [-0.05, 0) is 13.8 Å². The summed E-state index contributed by atoms with van der Waals surface area (Å²) in [6.45, 7) is 3.82. The lowest BCUT2D eigenvalue weighted by Gasteiger charge is -2.11. The number of carbonyl (C=O) groups excluding carboxylic acids is 2. The lowest BCUT2D eigenvalue weighted by atomic mass is 10.4. The van der Waals surface area contributed by atoms with E-state index in [2.05, 4.69) is 28.0 Å². The Bertz CT molecular complexity index is 469. The Morgan fingerprint density at radius 2 is 2.17 bits per heavy atom. The molecule has 2 amide bonds. The van der Waals surface area contributed by atoms with Gasteiger partial charge < -0.3 is 16.4 Å². The highest BCUT2D eigenvalue weighted by Crippen LogP contribution is 2.12. The Kier molecular flexibility index (Phi) is 4.78. The number of amides is 2. The number of anilines is 1. The summed E-state index contributed by atoms with van der Waals surface area (Å²) in [6, 6.07) is 1.69. The van der Waals surface area contributed by atoms with Crippen molar-refractivity contribution in [1.82, 2.24) is 15.1 Å². The predicted octanol–water partition coefficient (Wildman–Crippen LogP) is -0.195. The molecule has 18 heavy (non-hydrogen) atoms. The van der Waals surface area contributed by atoms with Gasteiger partial charge in [0.05, 0.1) is 17.7 Å². The molecule has 0 spiro atoms. The van der Waals surface area contributed by atoms with Crippen LogP contribution in [-0.4, -0.2) is 33.1 Å². The number of aromatic nitrogens is 2. The summed E-state index contributed by atoms with van der Waals surface area (Å²) in [4.78, 5) is 23.1. The number of hydrogen-bond acceptors (Lipinski definition) is 4. The van der Waals surface area contributed by atoms with E-state index in [4.69, 9.17) is 5.73 Å². The van der Waals surface area contributed by atoms with Gasteiger partial charge in [-0.1, -0.05) is 12.2 Å². The van der Waals surface area contributed by atoms with E-state index in [1.807, 2.05) is 13.8 Å². The molecule has 0 saturated heterocycles. The van der Waals surface area contributed by atoms with E-state index in [9.17, 15) is 9.59 Å². The lowest BCUT2D eigenvalue weighted by Crippen LogP contribution is -2.39. The van der Waals surface area contributed by atoms with Gasteiger partial charge in [0.15, 0.2) is 0 Å². The summed E-state index contributed by atoms with van der Waals surface area (Å²) >= 11 is 4.59. The highest BCUT2D eigenvalue weighted by atomic mass is 32.1. The maximum absolute atomic E-state index is 11.5. The van der Waals surface area contributed by atoms with Crippen molar-refractivity contribution in [3.05, 3.63) is 12.3 Å². The fraction of sp³-hybridized carbons (Fsp3) is 0.400. The van der Waals surface area contributed by atoms with E-state index in [0.717, 1.165) is 0 Å². The van der Waals surface area contributed by atoms with Crippen molar-refractivity contribution in [3.8, 4) is 0 Å². The molecule has 1 aromatic heterocycles. The number of rotatable bonds is 4. The summed E-state index contributed by atoms with van der Waals surface area (Å²) in [7, 11) is 0. The van der Waals surface area contributed by atoms with Crippen LogP contribution in [0.5, 0.6) is 0 Å². The molecule has 0 unspecified atom stereocenters. The van der Waals surface area contributed by atoms with Crippen molar-refractivity contribution in [2.24, 2.45) is 5.73 Å². The number of nitrogens with one attached hydrogen (secondary N) is 2. The first-order valence-electron chi connectivity index (χ1n) is 5.32. The second-order valence-electron chi connectivity index (χ2n) is 3.86. The SMILES string of the molecule is CC(C)n1nccc1NC(=O)C(=O)NCC(N)=S. The minimum atomic E-state index is -0.792. The molecule has 7 nitrogen and oxygen atoms in total. The first-order chi connectivity index (χ1) is 8.41. The van der Waals surface area contributed by atoms with Crippen LogP contribution in [0.3, 0.4) is 0 Å². The van der Waals surface area contributed by atoms with Gasteiger partial charge in [0.25, 0.3) is 0 Å². The third-order valence-corrected chi connectivity index (χ3v) is 2.17. The fourth-order valence-corrected chi connectivity index (χ4v) is 1.32. The van der Waals surface area contributed by atoms with Crippen LogP contribution >= 0.6 is 12.2 Å². The van der Waals surface area contributed by atoms with Gasteiger partial charge in [0.1, 0.15) is 5.82 Å². The van der Waals surface area contributed by atoms with Crippen LogP contribution in [0.1, 0.15) is 19.9 Å². The number of nitrogens with two attached hydrogens (primary N) is 1. The van der Waals surface area contributed by atoms with Crippen molar-refractivity contribution in [3.63, 3.8) is 0 Å². The molecule has 0 bridgehead atoms. The monoisotopic (exact) mass is 269 g/mol. The zero-order valence-electron chi connectivity index (χ0n) is 10.1. The quantitative estimate of drug-likeness (QED) is 0.519. The van der Waals surface area contributed by atoms with Crippen LogP contribution in [0.4, 0.5) is 5.82 Å². The van der Waals surface area contributed by atoms with Gasteiger partial charge >= 0.3 is 11.8 Å². The maximum atomic E-state index is 11.5. The Labute approximate surface area is 110 Å². The molecule has 1 aromatic rings. The average Bonchev–Trinajstić information content (AvgIpc) is 2.73. The molecule has 4 N–H and O–H groups in total. The van der Waals surface area contributed by atoms with Gasteiger partial charge in [0.2, 0.25) is 0 Å². The molecule has 0 fully saturated rings. The van der Waals surface area contributed by atoms with Gasteiger partial charge in [-0.25, -0.2) is 4.68 Å². The van der Waals surface area contributed by atoms with E-state index >= 15 is 0 Å². The minimum absolute atomic E-state index is 0.00890. The maximum Gasteiger partial charge on any atom is 0.314 e. The topological polar surface area (TPSA) is 102 Å². The molecule has 0 aliphatic carbocycles. The summed E-state index contributed by atoms with van der Waals surface area (Å²) in [5, 5.41) is 8.79. The Hall–Kier alpha value is -1.96. The summed E-state index contributed by atoms with van der Waals surface area (Å²) in [6.07, 6.45) is 1.54. The molecule has 1 heterocycles. The molecule has 0 aliphatic heterocycles. The highest BCUT2D eigenvalue weighted by Gasteiger charge is 2.16. The van der Waals surface area contributed by atoms with E-state index in [0.29, 0.717) is 5.82 Å². The van der Waals surface area contributed by atoms with Crippen LogP contribution in [0.25, 0.3) is 0 Å². The van der Waals surface area contributed by atoms with Gasteiger partial charge in [-0.3, -0.25) is 9.59 Å². The van der Waals surface area contributed by atoms with Crippen molar-refractivity contribution in [2.75, 3.05) is 11.9 Å². The van der Waals surface area contributed by atoms with Crippen molar-refractivity contribution in [2.45, 2.75) is 19.9 Å². The zero-order valence-corrected chi connectivity index (χ0v) is 11.0. The Balaban J connectivity index is 2.61. The molecule has 0 aromatic carbocycles. The molecule has 0 atom stereocenters. The van der Waals surface area contributed by atoms with E-state index < -0.39 is 11.8 Å². The average molecular weight is 269 g/mol. The Morgan fingerprint density at radius 3 is 2.72 bits per heavy atom. The number of hydrogen-bond donors (Lipinski definition) is 3. The second-order valence-corrected chi connectivity index (χ2v) is 4.38. The molecule has 8 heteroatoms. The molecular formula is C10H15N5O2S. The molecule has 98 valence electrons. The van der Waals surface area contributed by atoms with Crippen LogP contribution < -0.4 is 16.4 Å². The van der Waals surface area contributed by atoms with Crippen molar-refractivity contribution >= 4 is 34.8 Å².